The van der Waals surface area contributed by atoms with Gasteiger partial charge in [0.2, 0.25) is 6.79 Å². The first-order chi connectivity index (χ1) is 16.1. The van der Waals surface area contributed by atoms with Crippen LogP contribution in [0.2, 0.25) is 0 Å². The third-order valence-electron chi connectivity index (χ3n) is 6.04. The Labute approximate surface area is 194 Å². The summed E-state index contributed by atoms with van der Waals surface area (Å²) < 4.78 is 17.1. The second-order valence-corrected chi connectivity index (χ2v) is 8.85. The Morgan fingerprint density at radius 2 is 1.52 bits per heavy atom. The van der Waals surface area contributed by atoms with Crippen LogP contribution >= 0.6 is 0 Å². The van der Waals surface area contributed by atoms with Crippen molar-refractivity contribution in [3.05, 3.63) is 83.4 Å². The minimum absolute atomic E-state index is 0.263. The van der Waals surface area contributed by atoms with Crippen LogP contribution in [0.15, 0.2) is 66.7 Å². The minimum atomic E-state index is 0.263. The summed E-state index contributed by atoms with van der Waals surface area (Å²) in [5.41, 5.74) is 5.83. The van der Waals surface area contributed by atoms with Crippen molar-refractivity contribution in [2.75, 3.05) is 34.0 Å². The molecule has 1 fully saturated rings. The normalized spacial score (nSPS) is 15.5. The van der Waals surface area contributed by atoms with Crippen molar-refractivity contribution in [2.24, 2.45) is 5.92 Å². The molecule has 5 rings (SSSR count). The molecule has 1 aliphatic heterocycles. The second-order valence-electron chi connectivity index (χ2n) is 8.85. The van der Waals surface area contributed by atoms with Crippen LogP contribution in [0.1, 0.15) is 29.5 Å². The molecule has 5 heteroatoms. The Bertz CT molecular complexity index is 1150. The van der Waals surface area contributed by atoms with Crippen molar-refractivity contribution < 1.29 is 19.3 Å². The third kappa shape index (κ3) is 4.83. The number of phenolic OH excluding ortho intramolecular Hbond substituents is 1. The van der Waals surface area contributed by atoms with Crippen LogP contribution in [-0.4, -0.2) is 44.0 Å². The molecule has 1 heterocycles. The van der Waals surface area contributed by atoms with Gasteiger partial charge in [-0.25, -0.2) is 0 Å². The van der Waals surface area contributed by atoms with Crippen LogP contribution in [0.5, 0.6) is 23.0 Å². The molecule has 1 aliphatic carbocycles. The Kier molecular flexibility index (Phi) is 5.97. The van der Waals surface area contributed by atoms with E-state index in [2.05, 4.69) is 29.2 Å². The monoisotopic (exact) mass is 443 g/mol. The van der Waals surface area contributed by atoms with E-state index in [1.807, 2.05) is 44.4 Å². The van der Waals surface area contributed by atoms with Gasteiger partial charge >= 0.3 is 0 Å². The Morgan fingerprint density at radius 3 is 2.18 bits per heavy atom. The average Bonchev–Trinajstić information content (AvgIpc) is 3.54. The summed E-state index contributed by atoms with van der Waals surface area (Å²) in [5.74, 6) is 3.20. The summed E-state index contributed by atoms with van der Waals surface area (Å²) >= 11 is 0. The molecule has 0 aromatic heterocycles. The molecule has 1 saturated carbocycles. The number of ether oxygens (including phenoxy) is 3. The lowest BCUT2D eigenvalue weighted by atomic mass is 9.87. The molecule has 0 spiro atoms. The van der Waals surface area contributed by atoms with Crippen molar-refractivity contribution >= 4 is 11.1 Å². The summed E-state index contributed by atoms with van der Waals surface area (Å²) in [5, 5.41) is 9.88. The van der Waals surface area contributed by atoms with Crippen LogP contribution in [-0.2, 0) is 0 Å². The van der Waals surface area contributed by atoms with Crippen LogP contribution < -0.4 is 14.2 Å². The van der Waals surface area contributed by atoms with E-state index in [1.54, 1.807) is 12.1 Å². The molecule has 0 atom stereocenters. The molecule has 1 N–H and O–H groups in total. The van der Waals surface area contributed by atoms with Gasteiger partial charge in [-0.3, -0.25) is 0 Å². The van der Waals surface area contributed by atoms with Gasteiger partial charge in [0.15, 0.2) is 11.5 Å². The van der Waals surface area contributed by atoms with Gasteiger partial charge in [0, 0.05) is 6.54 Å². The smallest absolute Gasteiger partial charge is 0.231 e. The topological polar surface area (TPSA) is 51.2 Å². The van der Waals surface area contributed by atoms with E-state index >= 15 is 0 Å². The zero-order valence-corrected chi connectivity index (χ0v) is 19.1. The molecule has 0 bridgehead atoms. The lowest BCUT2D eigenvalue weighted by molar-refractivity contribution is 0.174. The fraction of sp³-hybridized carbons (Fsp3) is 0.286. The van der Waals surface area contributed by atoms with E-state index in [9.17, 15) is 5.11 Å². The number of hydrogen-bond acceptors (Lipinski definition) is 5. The SMILES string of the molecule is CN(C)CCOc1ccc(C(=C(c2ccc3c(c2)OCO3)C2CC2)c2ccc(O)cc2)cc1. The van der Waals surface area contributed by atoms with Crippen LogP contribution in [0, 0.1) is 5.92 Å². The van der Waals surface area contributed by atoms with Crippen molar-refractivity contribution in [3.63, 3.8) is 0 Å². The summed E-state index contributed by atoms with van der Waals surface area (Å²) in [4.78, 5) is 2.10. The van der Waals surface area contributed by atoms with Gasteiger partial charge in [0.25, 0.3) is 0 Å². The molecule has 170 valence electrons. The van der Waals surface area contributed by atoms with Gasteiger partial charge < -0.3 is 24.2 Å². The number of benzene rings is 3. The number of rotatable bonds is 8. The molecule has 2 aliphatic rings. The van der Waals surface area contributed by atoms with Gasteiger partial charge in [0.1, 0.15) is 18.1 Å². The Morgan fingerprint density at radius 1 is 0.879 bits per heavy atom. The molecule has 0 amide bonds. The van der Waals surface area contributed by atoms with Gasteiger partial charge in [0.05, 0.1) is 0 Å². The van der Waals surface area contributed by atoms with Crippen molar-refractivity contribution in [3.8, 4) is 23.0 Å². The van der Waals surface area contributed by atoms with Crippen molar-refractivity contribution in [1.82, 2.24) is 4.90 Å². The standard InChI is InChI=1S/C28H29NO4/c1-29(2)15-16-31-24-12-7-21(8-13-24)27(20-5-10-23(30)11-6-20)28(19-3-4-19)22-9-14-25-26(17-22)33-18-32-25/h5-14,17,19,30H,3-4,15-16,18H2,1-2H3. The minimum Gasteiger partial charge on any atom is -0.508 e. The van der Waals surface area contributed by atoms with Crippen LogP contribution in [0.3, 0.4) is 0 Å². The molecule has 3 aromatic carbocycles. The molecule has 0 radical (unpaired) electrons. The number of hydrogen-bond donors (Lipinski definition) is 1. The Hall–Kier alpha value is -3.44. The summed E-state index contributed by atoms with van der Waals surface area (Å²) in [7, 11) is 4.08. The van der Waals surface area contributed by atoms with Gasteiger partial charge in [-0.1, -0.05) is 30.3 Å². The molecular formula is C28H29NO4. The first-order valence-electron chi connectivity index (χ1n) is 11.4. The lowest BCUT2D eigenvalue weighted by Gasteiger charge is -2.18. The van der Waals surface area contributed by atoms with Crippen molar-refractivity contribution in [2.45, 2.75) is 12.8 Å². The predicted octanol–water partition coefficient (Wildman–Crippen LogP) is 5.43. The maximum Gasteiger partial charge on any atom is 0.231 e. The fourth-order valence-corrected chi connectivity index (χ4v) is 4.19. The largest absolute Gasteiger partial charge is 0.508 e. The Balaban J connectivity index is 1.58. The average molecular weight is 444 g/mol. The van der Waals surface area contributed by atoms with E-state index in [1.165, 1.54) is 11.1 Å². The fourth-order valence-electron chi connectivity index (χ4n) is 4.19. The highest BCUT2D eigenvalue weighted by molar-refractivity contribution is 6.00. The maximum atomic E-state index is 9.88. The molecule has 5 nitrogen and oxygen atoms in total. The number of allylic oxidation sites excluding steroid dienone is 1. The zero-order valence-electron chi connectivity index (χ0n) is 19.1. The summed E-state index contributed by atoms with van der Waals surface area (Å²) in [6, 6.07) is 22.0. The number of aromatic hydroxyl groups is 1. The number of phenols is 1. The van der Waals surface area contributed by atoms with E-state index in [4.69, 9.17) is 14.2 Å². The molecular weight excluding hydrogens is 414 g/mol. The van der Waals surface area contributed by atoms with Gasteiger partial charge in [-0.2, -0.15) is 0 Å². The first kappa shape index (κ1) is 21.4. The van der Waals surface area contributed by atoms with E-state index in [0.29, 0.717) is 12.5 Å². The third-order valence-corrected chi connectivity index (χ3v) is 6.04. The van der Waals surface area contributed by atoms with Crippen LogP contribution in [0.4, 0.5) is 0 Å². The van der Waals surface area contributed by atoms with E-state index < -0.39 is 0 Å². The molecule has 3 aromatic rings. The van der Waals surface area contributed by atoms with Crippen molar-refractivity contribution in [1.29, 1.82) is 0 Å². The zero-order chi connectivity index (χ0) is 22.8. The first-order valence-corrected chi connectivity index (χ1v) is 11.4. The number of nitrogens with zero attached hydrogens (tertiary/aromatic N) is 1. The lowest BCUT2D eigenvalue weighted by Crippen LogP contribution is -2.19. The summed E-state index contributed by atoms with van der Waals surface area (Å²) in [6.45, 7) is 1.79. The van der Waals surface area contributed by atoms with Crippen LogP contribution in [0.25, 0.3) is 11.1 Å². The van der Waals surface area contributed by atoms with Gasteiger partial charge in [-0.15, -0.1) is 0 Å². The highest BCUT2D eigenvalue weighted by atomic mass is 16.7. The molecule has 0 unspecified atom stereocenters. The quantitative estimate of drug-likeness (QED) is 0.471. The predicted molar refractivity (Wildman–Crippen MR) is 130 cm³/mol. The second kappa shape index (κ2) is 9.20. The molecule has 0 saturated heterocycles. The maximum absolute atomic E-state index is 9.88. The summed E-state index contributed by atoms with van der Waals surface area (Å²) in [6.07, 6.45) is 2.33. The molecule has 33 heavy (non-hydrogen) atoms. The highest BCUT2D eigenvalue weighted by Gasteiger charge is 2.31. The van der Waals surface area contributed by atoms with E-state index in [0.717, 1.165) is 53.3 Å². The van der Waals surface area contributed by atoms with Gasteiger partial charge in [-0.05, 0) is 97.1 Å². The number of fused-ring (bicyclic) bond motifs is 1. The van der Waals surface area contributed by atoms with E-state index in [-0.39, 0.29) is 12.5 Å². The number of likely N-dealkylation sites (N-methyl/N-ethyl adjacent to an activating group) is 1. The highest BCUT2D eigenvalue weighted by Crippen LogP contribution is 2.49.